The predicted octanol–water partition coefficient (Wildman–Crippen LogP) is 1.13. The van der Waals surface area contributed by atoms with E-state index in [2.05, 4.69) is 4.98 Å². The van der Waals surface area contributed by atoms with E-state index in [1.807, 2.05) is 6.92 Å². The lowest BCUT2D eigenvalue weighted by Crippen LogP contribution is -2.08. The van der Waals surface area contributed by atoms with E-state index in [4.69, 9.17) is 10.8 Å². The van der Waals surface area contributed by atoms with Crippen LogP contribution in [0.1, 0.15) is 25.1 Å². The normalized spacial score (nSPS) is 13.4. The van der Waals surface area contributed by atoms with Gasteiger partial charge in [-0.3, -0.25) is 0 Å². The molecule has 0 radical (unpaired) electrons. The van der Waals surface area contributed by atoms with Crippen molar-refractivity contribution in [3.63, 3.8) is 0 Å². The van der Waals surface area contributed by atoms with Gasteiger partial charge in [-0.2, -0.15) is 0 Å². The molecule has 1 atom stereocenters. The van der Waals surface area contributed by atoms with Crippen LogP contribution in [0.25, 0.3) is 0 Å². The predicted molar refractivity (Wildman–Crippen MR) is 39.7 cm³/mol. The highest BCUT2D eigenvalue weighted by Gasteiger charge is 2.04. The van der Waals surface area contributed by atoms with Crippen LogP contribution in [-0.4, -0.2) is 10.1 Å². The molecule has 0 aliphatic rings. The molecule has 3 heteroatoms. The summed E-state index contributed by atoms with van der Waals surface area (Å²) in [5.41, 5.74) is 6.55. The van der Waals surface area contributed by atoms with E-state index >= 15 is 0 Å². The van der Waals surface area contributed by atoms with E-state index in [0.29, 0.717) is 0 Å². The number of hydrogen-bond donors (Lipinski definition) is 3. The van der Waals surface area contributed by atoms with Gasteiger partial charge in [0.05, 0.1) is 0 Å². The zero-order chi connectivity index (χ0) is 7.56. The molecule has 0 amide bonds. The van der Waals surface area contributed by atoms with Crippen LogP contribution in [0.3, 0.4) is 0 Å². The molecule has 0 fully saturated rings. The molecule has 1 aromatic rings. The molecule has 0 aromatic carbocycles. The fourth-order valence-electron chi connectivity index (χ4n) is 0.834. The molecule has 10 heavy (non-hydrogen) atoms. The highest BCUT2D eigenvalue weighted by molar-refractivity contribution is 5.22. The molecule has 0 aliphatic carbocycles. The van der Waals surface area contributed by atoms with Gasteiger partial charge in [0, 0.05) is 24.0 Å². The van der Waals surface area contributed by atoms with Gasteiger partial charge in [0.25, 0.3) is 0 Å². The molecule has 0 unspecified atom stereocenters. The van der Waals surface area contributed by atoms with Crippen molar-refractivity contribution in [3.8, 4) is 5.75 Å². The smallest absolute Gasteiger partial charge is 0.133 e. The van der Waals surface area contributed by atoms with Crippen molar-refractivity contribution in [1.82, 2.24) is 4.98 Å². The Morgan fingerprint density at radius 2 is 2.50 bits per heavy atom. The van der Waals surface area contributed by atoms with Crippen LogP contribution in [0.4, 0.5) is 0 Å². The minimum atomic E-state index is 0.0147. The summed E-state index contributed by atoms with van der Waals surface area (Å²) in [5, 5.41) is 8.91. The zero-order valence-electron chi connectivity index (χ0n) is 5.96. The Morgan fingerprint density at radius 3 is 2.90 bits per heavy atom. The van der Waals surface area contributed by atoms with Gasteiger partial charge in [-0.15, -0.1) is 0 Å². The van der Waals surface area contributed by atoms with Crippen molar-refractivity contribution in [2.75, 3.05) is 0 Å². The second kappa shape index (κ2) is 2.75. The summed E-state index contributed by atoms with van der Waals surface area (Å²) in [6, 6.07) is 1.66. The molecule has 56 valence electrons. The van der Waals surface area contributed by atoms with Gasteiger partial charge in [0.2, 0.25) is 0 Å². The van der Waals surface area contributed by atoms with Gasteiger partial charge in [0.1, 0.15) is 5.75 Å². The molecule has 3 nitrogen and oxygen atoms in total. The van der Waals surface area contributed by atoms with Crippen LogP contribution < -0.4 is 5.73 Å². The maximum atomic E-state index is 8.91. The molecule has 1 heterocycles. The van der Waals surface area contributed by atoms with Crippen molar-refractivity contribution in [2.24, 2.45) is 5.73 Å². The second-order valence-corrected chi connectivity index (χ2v) is 2.33. The Hall–Kier alpha value is -0.960. The second-order valence-electron chi connectivity index (χ2n) is 2.33. The first-order valence-electron chi connectivity index (χ1n) is 3.37. The maximum absolute atomic E-state index is 8.91. The van der Waals surface area contributed by atoms with Crippen LogP contribution in [0.15, 0.2) is 12.3 Å². The molecule has 0 spiro atoms. The number of rotatable bonds is 2. The van der Waals surface area contributed by atoms with Crippen molar-refractivity contribution in [2.45, 2.75) is 19.4 Å². The number of nitrogens with one attached hydrogen (secondary N) is 1. The average Bonchev–Trinajstić information content (AvgIpc) is 2.34. The highest BCUT2D eigenvalue weighted by Crippen LogP contribution is 2.16. The Morgan fingerprint density at radius 1 is 1.80 bits per heavy atom. The van der Waals surface area contributed by atoms with E-state index < -0.39 is 0 Å². The fourth-order valence-corrected chi connectivity index (χ4v) is 0.834. The number of hydrogen-bond acceptors (Lipinski definition) is 2. The Bertz CT molecular complexity index is 207. The van der Waals surface area contributed by atoms with E-state index in [0.717, 1.165) is 12.1 Å². The van der Waals surface area contributed by atoms with Crippen LogP contribution in [0.5, 0.6) is 5.75 Å². The number of aromatic nitrogens is 1. The molecular formula is C7H12N2O. The lowest BCUT2D eigenvalue weighted by Gasteiger charge is -2.03. The molecule has 1 rings (SSSR count). The SMILES string of the molecule is CC[C@H](N)c1cc(O)c[nH]1. The van der Waals surface area contributed by atoms with Crippen LogP contribution in [-0.2, 0) is 0 Å². The van der Waals surface area contributed by atoms with Crippen molar-refractivity contribution in [1.29, 1.82) is 0 Å². The van der Waals surface area contributed by atoms with Gasteiger partial charge < -0.3 is 15.8 Å². The monoisotopic (exact) mass is 140 g/mol. The standard InChI is InChI=1S/C7H12N2O/c1-2-6(8)7-3-5(10)4-9-7/h3-4,6,9-10H,2,8H2,1H3/t6-/m0/s1. The van der Waals surface area contributed by atoms with Crippen molar-refractivity contribution in [3.05, 3.63) is 18.0 Å². The Kier molecular flexibility index (Phi) is 1.97. The summed E-state index contributed by atoms with van der Waals surface area (Å²) in [4.78, 5) is 2.88. The van der Waals surface area contributed by atoms with Gasteiger partial charge in [-0.1, -0.05) is 6.92 Å². The van der Waals surface area contributed by atoms with Crippen LogP contribution in [0, 0.1) is 0 Å². The number of H-pyrrole nitrogens is 1. The molecular weight excluding hydrogens is 128 g/mol. The molecule has 0 aliphatic heterocycles. The summed E-state index contributed by atoms with van der Waals surface area (Å²) in [7, 11) is 0. The lowest BCUT2D eigenvalue weighted by molar-refractivity contribution is 0.476. The molecule has 1 aromatic heterocycles. The van der Waals surface area contributed by atoms with E-state index in [-0.39, 0.29) is 11.8 Å². The van der Waals surface area contributed by atoms with E-state index in [1.165, 1.54) is 6.20 Å². The van der Waals surface area contributed by atoms with Gasteiger partial charge in [-0.05, 0) is 6.42 Å². The van der Waals surface area contributed by atoms with Crippen LogP contribution >= 0.6 is 0 Å². The van der Waals surface area contributed by atoms with Gasteiger partial charge in [0.15, 0.2) is 0 Å². The zero-order valence-corrected chi connectivity index (χ0v) is 5.96. The summed E-state index contributed by atoms with van der Waals surface area (Å²) in [5.74, 6) is 0.249. The third-order valence-electron chi connectivity index (χ3n) is 1.53. The quantitative estimate of drug-likeness (QED) is 0.576. The van der Waals surface area contributed by atoms with Crippen molar-refractivity contribution < 1.29 is 5.11 Å². The summed E-state index contributed by atoms with van der Waals surface area (Å²) >= 11 is 0. The summed E-state index contributed by atoms with van der Waals surface area (Å²) in [6.07, 6.45) is 2.41. The van der Waals surface area contributed by atoms with Crippen molar-refractivity contribution >= 4 is 0 Å². The first kappa shape index (κ1) is 7.15. The largest absolute Gasteiger partial charge is 0.506 e. The van der Waals surface area contributed by atoms with E-state index in [9.17, 15) is 0 Å². The molecule has 0 bridgehead atoms. The first-order chi connectivity index (χ1) is 4.74. The van der Waals surface area contributed by atoms with Gasteiger partial charge >= 0.3 is 0 Å². The fraction of sp³-hybridized carbons (Fsp3) is 0.429. The average molecular weight is 140 g/mol. The Labute approximate surface area is 59.9 Å². The summed E-state index contributed by atoms with van der Waals surface area (Å²) < 4.78 is 0. The highest BCUT2D eigenvalue weighted by atomic mass is 16.3. The number of aromatic hydroxyl groups is 1. The third kappa shape index (κ3) is 1.30. The number of nitrogens with two attached hydrogens (primary N) is 1. The minimum absolute atomic E-state index is 0.0147. The number of aromatic amines is 1. The summed E-state index contributed by atoms with van der Waals surface area (Å²) in [6.45, 7) is 2.00. The topological polar surface area (TPSA) is 62.0 Å². The van der Waals surface area contributed by atoms with Gasteiger partial charge in [-0.25, -0.2) is 0 Å². The molecule has 4 N–H and O–H groups in total. The minimum Gasteiger partial charge on any atom is -0.506 e. The lowest BCUT2D eigenvalue weighted by atomic mass is 10.2. The molecule has 0 saturated carbocycles. The third-order valence-corrected chi connectivity index (χ3v) is 1.53. The first-order valence-corrected chi connectivity index (χ1v) is 3.37. The molecule has 0 saturated heterocycles. The maximum Gasteiger partial charge on any atom is 0.133 e. The van der Waals surface area contributed by atoms with Crippen LogP contribution in [0.2, 0.25) is 0 Å². The Balaban J connectivity index is 2.74. The van der Waals surface area contributed by atoms with E-state index in [1.54, 1.807) is 6.07 Å².